The average molecular weight is 222 g/mol. The minimum Gasteiger partial charge on any atom is -0.388 e. The molecule has 0 amide bonds. The number of aliphatic hydroxyl groups is 1. The summed E-state index contributed by atoms with van der Waals surface area (Å²) in [6.07, 6.45) is 1.29. The minimum atomic E-state index is -0.406. The van der Waals surface area contributed by atoms with Crippen LogP contribution in [0.2, 0.25) is 0 Å². The van der Waals surface area contributed by atoms with Crippen LogP contribution < -0.4 is 0 Å². The lowest BCUT2D eigenvalue weighted by Crippen LogP contribution is -2.05. The third-order valence-corrected chi connectivity index (χ3v) is 2.68. The largest absolute Gasteiger partial charge is 0.388 e. The Hall–Kier alpha value is -0.860. The molecular weight excluding hydrogens is 200 g/mol. The van der Waals surface area contributed by atoms with E-state index in [2.05, 4.69) is 25.1 Å². The molecule has 16 heavy (non-hydrogen) atoms. The lowest BCUT2D eigenvalue weighted by atomic mass is 9.99. The zero-order valence-electron chi connectivity index (χ0n) is 10.5. The molecule has 0 fully saturated rings. The number of aryl methyl sites for hydroxylation is 2. The Kier molecular flexibility index (Phi) is 5.50. The maximum absolute atomic E-state index is 10.0. The maximum atomic E-state index is 10.0. The summed E-state index contributed by atoms with van der Waals surface area (Å²) in [7, 11) is 0. The highest BCUT2D eigenvalue weighted by Gasteiger charge is 2.10. The molecule has 2 heteroatoms. The fourth-order valence-electron chi connectivity index (χ4n) is 1.72. The van der Waals surface area contributed by atoms with E-state index in [9.17, 15) is 5.11 Å². The number of hydrogen-bond donors (Lipinski definition) is 1. The van der Waals surface area contributed by atoms with Gasteiger partial charge in [0.1, 0.15) is 0 Å². The molecule has 1 atom stereocenters. The van der Waals surface area contributed by atoms with Crippen molar-refractivity contribution in [3.05, 3.63) is 34.9 Å². The van der Waals surface area contributed by atoms with Crippen molar-refractivity contribution in [2.45, 2.75) is 39.7 Å². The van der Waals surface area contributed by atoms with E-state index < -0.39 is 6.10 Å². The topological polar surface area (TPSA) is 29.5 Å². The van der Waals surface area contributed by atoms with E-state index in [1.165, 1.54) is 5.56 Å². The Morgan fingerprint density at radius 3 is 2.69 bits per heavy atom. The third-order valence-electron chi connectivity index (χ3n) is 2.68. The van der Waals surface area contributed by atoms with Crippen LogP contribution in [0, 0.1) is 13.8 Å². The molecule has 0 aliphatic heterocycles. The van der Waals surface area contributed by atoms with Crippen LogP contribution in [0.5, 0.6) is 0 Å². The molecular formula is C14H22O2. The quantitative estimate of drug-likeness (QED) is 0.749. The molecule has 0 saturated heterocycles. The second-order valence-electron chi connectivity index (χ2n) is 4.28. The van der Waals surface area contributed by atoms with E-state index in [4.69, 9.17) is 4.74 Å². The van der Waals surface area contributed by atoms with Crippen LogP contribution in [-0.2, 0) is 4.74 Å². The van der Waals surface area contributed by atoms with Crippen LogP contribution in [0.1, 0.15) is 42.6 Å². The lowest BCUT2D eigenvalue weighted by molar-refractivity contribution is 0.0819. The molecule has 0 saturated carbocycles. The Morgan fingerprint density at radius 2 is 2.00 bits per heavy atom. The molecule has 0 bridgehead atoms. The van der Waals surface area contributed by atoms with Crippen LogP contribution in [-0.4, -0.2) is 18.3 Å². The van der Waals surface area contributed by atoms with Crippen LogP contribution >= 0.6 is 0 Å². The van der Waals surface area contributed by atoms with Gasteiger partial charge in [-0.05, 0) is 31.4 Å². The minimum absolute atomic E-state index is 0.406. The second kappa shape index (κ2) is 6.66. The van der Waals surface area contributed by atoms with E-state index in [1.54, 1.807) is 0 Å². The van der Waals surface area contributed by atoms with Gasteiger partial charge in [0.15, 0.2) is 0 Å². The first-order valence-electron chi connectivity index (χ1n) is 5.98. The Bertz CT molecular complexity index is 321. The number of hydrogen-bond acceptors (Lipinski definition) is 2. The summed E-state index contributed by atoms with van der Waals surface area (Å²) in [5.74, 6) is 0. The van der Waals surface area contributed by atoms with Crippen LogP contribution in [0.3, 0.4) is 0 Å². The van der Waals surface area contributed by atoms with Crippen molar-refractivity contribution in [3.8, 4) is 0 Å². The van der Waals surface area contributed by atoms with Crippen LogP contribution in [0.25, 0.3) is 0 Å². The van der Waals surface area contributed by atoms with Gasteiger partial charge in [-0.15, -0.1) is 0 Å². The molecule has 0 aliphatic rings. The van der Waals surface area contributed by atoms with E-state index in [0.29, 0.717) is 13.0 Å². The van der Waals surface area contributed by atoms with Crippen molar-refractivity contribution >= 4 is 0 Å². The molecule has 0 heterocycles. The van der Waals surface area contributed by atoms with E-state index in [-0.39, 0.29) is 0 Å². The predicted octanol–water partition coefficient (Wildman–Crippen LogP) is 3.15. The molecule has 90 valence electrons. The third kappa shape index (κ3) is 3.95. The van der Waals surface area contributed by atoms with Gasteiger partial charge >= 0.3 is 0 Å². The molecule has 0 aliphatic carbocycles. The second-order valence-corrected chi connectivity index (χ2v) is 4.28. The van der Waals surface area contributed by atoms with Crippen molar-refractivity contribution in [2.75, 3.05) is 13.2 Å². The zero-order valence-corrected chi connectivity index (χ0v) is 10.5. The Morgan fingerprint density at radius 1 is 1.25 bits per heavy atom. The average Bonchev–Trinajstić information content (AvgIpc) is 2.27. The van der Waals surface area contributed by atoms with Crippen molar-refractivity contribution < 1.29 is 9.84 Å². The molecule has 0 aromatic heterocycles. The van der Waals surface area contributed by atoms with E-state index >= 15 is 0 Å². The summed E-state index contributed by atoms with van der Waals surface area (Å²) in [6.45, 7) is 7.57. The smallest absolute Gasteiger partial charge is 0.0814 e. The summed E-state index contributed by atoms with van der Waals surface area (Å²) in [6, 6.07) is 6.18. The number of ether oxygens (including phenoxy) is 1. The van der Waals surface area contributed by atoms with E-state index in [0.717, 1.165) is 24.2 Å². The Balaban J connectivity index is 2.51. The van der Waals surface area contributed by atoms with Gasteiger partial charge in [0.25, 0.3) is 0 Å². The van der Waals surface area contributed by atoms with Crippen molar-refractivity contribution in [1.29, 1.82) is 0 Å². The van der Waals surface area contributed by atoms with Crippen molar-refractivity contribution in [2.24, 2.45) is 0 Å². The normalized spacial score (nSPS) is 12.8. The van der Waals surface area contributed by atoms with Gasteiger partial charge in [-0.1, -0.05) is 30.7 Å². The summed E-state index contributed by atoms with van der Waals surface area (Å²) in [4.78, 5) is 0. The van der Waals surface area contributed by atoms with Gasteiger partial charge in [-0.3, -0.25) is 0 Å². The van der Waals surface area contributed by atoms with Gasteiger partial charge < -0.3 is 9.84 Å². The summed E-state index contributed by atoms with van der Waals surface area (Å²) in [5, 5.41) is 10.0. The molecule has 1 N–H and O–H groups in total. The molecule has 1 rings (SSSR count). The SMILES string of the molecule is CCCOCCC(O)c1cc(C)ccc1C. The van der Waals surface area contributed by atoms with Crippen LogP contribution in [0.15, 0.2) is 18.2 Å². The summed E-state index contributed by atoms with van der Waals surface area (Å²) < 4.78 is 5.39. The summed E-state index contributed by atoms with van der Waals surface area (Å²) >= 11 is 0. The lowest BCUT2D eigenvalue weighted by Gasteiger charge is -2.14. The zero-order chi connectivity index (χ0) is 12.0. The van der Waals surface area contributed by atoms with E-state index in [1.807, 2.05) is 13.8 Å². The first-order valence-corrected chi connectivity index (χ1v) is 5.98. The fraction of sp³-hybridized carbons (Fsp3) is 0.571. The standard InChI is InChI=1S/C14H22O2/c1-4-8-16-9-7-14(15)13-10-11(2)5-6-12(13)3/h5-6,10,14-15H,4,7-9H2,1-3H3. The number of rotatable bonds is 6. The van der Waals surface area contributed by atoms with Gasteiger partial charge in [-0.25, -0.2) is 0 Å². The highest BCUT2D eigenvalue weighted by Crippen LogP contribution is 2.21. The van der Waals surface area contributed by atoms with Crippen molar-refractivity contribution in [1.82, 2.24) is 0 Å². The first-order chi connectivity index (χ1) is 7.65. The fourth-order valence-corrected chi connectivity index (χ4v) is 1.72. The first kappa shape index (κ1) is 13.2. The van der Waals surface area contributed by atoms with Gasteiger partial charge in [-0.2, -0.15) is 0 Å². The summed E-state index contributed by atoms with van der Waals surface area (Å²) in [5.41, 5.74) is 3.36. The Labute approximate surface area is 98.3 Å². The molecule has 0 radical (unpaired) electrons. The van der Waals surface area contributed by atoms with Gasteiger partial charge in [0.05, 0.1) is 6.10 Å². The number of aliphatic hydroxyl groups excluding tert-OH is 1. The predicted molar refractivity (Wildman–Crippen MR) is 66.6 cm³/mol. The highest BCUT2D eigenvalue weighted by molar-refractivity contribution is 5.32. The highest BCUT2D eigenvalue weighted by atomic mass is 16.5. The molecule has 1 aromatic carbocycles. The molecule has 1 unspecified atom stereocenters. The molecule has 2 nitrogen and oxygen atoms in total. The van der Waals surface area contributed by atoms with Gasteiger partial charge in [0, 0.05) is 19.6 Å². The molecule has 1 aromatic rings. The maximum Gasteiger partial charge on any atom is 0.0814 e. The van der Waals surface area contributed by atoms with Crippen LogP contribution in [0.4, 0.5) is 0 Å². The monoisotopic (exact) mass is 222 g/mol. The molecule has 0 spiro atoms. The van der Waals surface area contributed by atoms with Gasteiger partial charge in [0.2, 0.25) is 0 Å². The van der Waals surface area contributed by atoms with Crippen molar-refractivity contribution in [3.63, 3.8) is 0 Å². The number of benzene rings is 1.